The predicted molar refractivity (Wildman–Crippen MR) is 110 cm³/mol. The number of hydrogen-bond acceptors (Lipinski definition) is 5. The standard InChI is InChI=1S/C22H18ClNO5/c1-27-19-11-9-16(14-18(19)23)24-22(26)21(15-6-3-2-4-7-15)29-20(25)12-10-17-8-5-13-28-17/h2-14,21H,1H3,(H,24,26)/b12-10+/t21-/m1/s1. The summed E-state index contributed by atoms with van der Waals surface area (Å²) in [6.07, 6.45) is 3.01. The number of hydrogen-bond donors (Lipinski definition) is 1. The van der Waals surface area contributed by atoms with Gasteiger partial charge in [0, 0.05) is 17.3 Å². The maximum Gasteiger partial charge on any atom is 0.332 e. The van der Waals surface area contributed by atoms with Crippen LogP contribution in [0.2, 0.25) is 5.02 Å². The first kappa shape index (κ1) is 20.2. The summed E-state index contributed by atoms with van der Waals surface area (Å²) in [4.78, 5) is 25.1. The van der Waals surface area contributed by atoms with Gasteiger partial charge in [0.1, 0.15) is 11.5 Å². The van der Waals surface area contributed by atoms with Gasteiger partial charge in [0.2, 0.25) is 6.10 Å². The van der Waals surface area contributed by atoms with Crippen molar-refractivity contribution in [1.82, 2.24) is 0 Å². The summed E-state index contributed by atoms with van der Waals surface area (Å²) >= 11 is 6.10. The van der Waals surface area contributed by atoms with Crippen molar-refractivity contribution < 1.29 is 23.5 Å². The molecule has 1 atom stereocenters. The number of halogens is 1. The Morgan fingerprint density at radius 3 is 2.55 bits per heavy atom. The maximum absolute atomic E-state index is 12.8. The molecule has 1 amide bonds. The van der Waals surface area contributed by atoms with Crippen LogP contribution in [0.15, 0.2) is 77.4 Å². The number of amides is 1. The Morgan fingerprint density at radius 2 is 1.90 bits per heavy atom. The largest absolute Gasteiger partial charge is 0.495 e. The topological polar surface area (TPSA) is 77.8 Å². The van der Waals surface area contributed by atoms with Gasteiger partial charge < -0.3 is 19.2 Å². The SMILES string of the molecule is COc1ccc(NC(=O)[C@H](OC(=O)/C=C/c2ccco2)c2ccccc2)cc1Cl. The number of carbonyl (C=O) groups is 2. The molecule has 1 aromatic heterocycles. The number of rotatable bonds is 7. The van der Waals surface area contributed by atoms with Gasteiger partial charge in [-0.1, -0.05) is 41.9 Å². The number of nitrogens with one attached hydrogen (secondary N) is 1. The van der Waals surface area contributed by atoms with Crippen LogP contribution in [0.3, 0.4) is 0 Å². The molecule has 7 heteroatoms. The first-order valence-corrected chi connectivity index (χ1v) is 9.06. The molecule has 3 aromatic rings. The van der Waals surface area contributed by atoms with Crippen molar-refractivity contribution >= 4 is 35.2 Å². The summed E-state index contributed by atoms with van der Waals surface area (Å²) in [6, 6.07) is 16.9. The van der Waals surface area contributed by atoms with Crippen molar-refractivity contribution in [3.63, 3.8) is 0 Å². The Kier molecular flexibility index (Phi) is 6.71. The highest BCUT2D eigenvalue weighted by Crippen LogP contribution is 2.28. The van der Waals surface area contributed by atoms with Gasteiger partial charge in [-0.2, -0.15) is 0 Å². The Hall–Kier alpha value is -3.51. The van der Waals surface area contributed by atoms with E-state index in [-0.39, 0.29) is 0 Å². The van der Waals surface area contributed by atoms with Crippen molar-refractivity contribution in [3.8, 4) is 5.75 Å². The maximum atomic E-state index is 12.8. The molecule has 6 nitrogen and oxygen atoms in total. The smallest absolute Gasteiger partial charge is 0.332 e. The average molecular weight is 412 g/mol. The van der Waals surface area contributed by atoms with E-state index in [9.17, 15) is 9.59 Å². The van der Waals surface area contributed by atoms with E-state index < -0.39 is 18.0 Å². The van der Waals surface area contributed by atoms with Crippen molar-refractivity contribution in [3.05, 3.63) is 89.3 Å². The van der Waals surface area contributed by atoms with E-state index in [4.69, 9.17) is 25.5 Å². The molecule has 0 aliphatic heterocycles. The van der Waals surface area contributed by atoms with E-state index in [1.807, 2.05) is 0 Å². The number of methoxy groups -OCH3 is 1. The molecule has 29 heavy (non-hydrogen) atoms. The van der Waals surface area contributed by atoms with Crippen LogP contribution in [0.1, 0.15) is 17.4 Å². The van der Waals surface area contributed by atoms with Gasteiger partial charge in [0.25, 0.3) is 5.91 Å². The highest BCUT2D eigenvalue weighted by molar-refractivity contribution is 6.32. The normalized spacial score (nSPS) is 11.8. The van der Waals surface area contributed by atoms with Gasteiger partial charge in [-0.05, 0) is 36.4 Å². The fourth-order valence-corrected chi connectivity index (χ4v) is 2.80. The van der Waals surface area contributed by atoms with Gasteiger partial charge >= 0.3 is 5.97 Å². The average Bonchev–Trinajstić information content (AvgIpc) is 3.25. The molecule has 0 aliphatic rings. The Morgan fingerprint density at radius 1 is 1.10 bits per heavy atom. The lowest BCUT2D eigenvalue weighted by Crippen LogP contribution is -2.25. The molecule has 0 spiro atoms. The van der Waals surface area contributed by atoms with Gasteiger partial charge in [-0.25, -0.2) is 4.79 Å². The van der Waals surface area contributed by atoms with E-state index in [2.05, 4.69) is 5.32 Å². The molecular formula is C22H18ClNO5. The van der Waals surface area contributed by atoms with Crippen LogP contribution in [0, 0.1) is 0 Å². The molecule has 2 aromatic carbocycles. The van der Waals surface area contributed by atoms with Crippen LogP contribution in [0.5, 0.6) is 5.75 Å². The number of ether oxygens (including phenoxy) is 2. The van der Waals surface area contributed by atoms with Crippen LogP contribution >= 0.6 is 11.6 Å². The van der Waals surface area contributed by atoms with E-state index in [1.54, 1.807) is 60.7 Å². The Labute approximate surface area is 172 Å². The minimum atomic E-state index is -1.15. The van der Waals surface area contributed by atoms with Gasteiger partial charge in [-0.15, -0.1) is 0 Å². The van der Waals surface area contributed by atoms with Gasteiger partial charge in [0.05, 0.1) is 18.4 Å². The van der Waals surface area contributed by atoms with Crippen LogP contribution in [-0.4, -0.2) is 19.0 Å². The quantitative estimate of drug-likeness (QED) is 0.443. The third-order valence-electron chi connectivity index (χ3n) is 3.92. The molecule has 0 aliphatic carbocycles. The lowest BCUT2D eigenvalue weighted by molar-refractivity contribution is -0.149. The summed E-state index contributed by atoms with van der Waals surface area (Å²) < 4.78 is 15.6. The molecule has 0 bridgehead atoms. The number of carbonyl (C=O) groups excluding carboxylic acids is 2. The zero-order chi connectivity index (χ0) is 20.6. The van der Waals surface area contributed by atoms with Crippen molar-refractivity contribution in [2.24, 2.45) is 0 Å². The number of benzene rings is 2. The van der Waals surface area contributed by atoms with Crippen LogP contribution < -0.4 is 10.1 Å². The summed E-state index contributed by atoms with van der Waals surface area (Å²) in [5, 5.41) is 3.06. The van der Waals surface area contributed by atoms with Gasteiger partial charge in [-0.3, -0.25) is 4.79 Å². The third-order valence-corrected chi connectivity index (χ3v) is 4.22. The lowest BCUT2D eigenvalue weighted by atomic mass is 10.1. The molecule has 1 N–H and O–H groups in total. The molecule has 3 rings (SSSR count). The van der Waals surface area contributed by atoms with E-state index in [0.29, 0.717) is 27.8 Å². The summed E-state index contributed by atoms with van der Waals surface area (Å²) in [5.41, 5.74) is 0.980. The van der Waals surface area contributed by atoms with E-state index in [0.717, 1.165) is 0 Å². The predicted octanol–water partition coefficient (Wildman–Crippen LogP) is 4.88. The fourth-order valence-electron chi connectivity index (χ4n) is 2.54. The second kappa shape index (κ2) is 9.61. The Bertz CT molecular complexity index is 999. The molecule has 0 saturated heterocycles. The molecule has 0 saturated carbocycles. The number of furan rings is 1. The first-order valence-electron chi connectivity index (χ1n) is 8.68. The van der Waals surface area contributed by atoms with Gasteiger partial charge in [0.15, 0.2) is 0 Å². The summed E-state index contributed by atoms with van der Waals surface area (Å²) in [5.74, 6) is -0.218. The summed E-state index contributed by atoms with van der Waals surface area (Å²) in [7, 11) is 1.50. The van der Waals surface area contributed by atoms with Crippen LogP contribution in [-0.2, 0) is 14.3 Å². The van der Waals surface area contributed by atoms with Crippen molar-refractivity contribution in [2.75, 3.05) is 12.4 Å². The number of esters is 1. The number of anilines is 1. The Balaban J connectivity index is 1.77. The zero-order valence-electron chi connectivity index (χ0n) is 15.5. The highest BCUT2D eigenvalue weighted by atomic mass is 35.5. The summed E-state index contributed by atoms with van der Waals surface area (Å²) in [6.45, 7) is 0. The lowest BCUT2D eigenvalue weighted by Gasteiger charge is -2.17. The van der Waals surface area contributed by atoms with E-state index >= 15 is 0 Å². The molecule has 0 fully saturated rings. The highest BCUT2D eigenvalue weighted by Gasteiger charge is 2.24. The van der Waals surface area contributed by atoms with Crippen molar-refractivity contribution in [1.29, 1.82) is 0 Å². The second-order valence-electron chi connectivity index (χ2n) is 5.91. The molecular weight excluding hydrogens is 394 g/mol. The third kappa shape index (κ3) is 5.49. The molecule has 1 heterocycles. The van der Waals surface area contributed by atoms with Crippen LogP contribution in [0.4, 0.5) is 5.69 Å². The van der Waals surface area contributed by atoms with Crippen molar-refractivity contribution in [2.45, 2.75) is 6.10 Å². The minimum absolute atomic E-state index is 0.347. The zero-order valence-corrected chi connectivity index (χ0v) is 16.3. The molecule has 148 valence electrons. The monoisotopic (exact) mass is 411 g/mol. The second-order valence-corrected chi connectivity index (χ2v) is 6.32. The minimum Gasteiger partial charge on any atom is -0.495 e. The molecule has 0 unspecified atom stereocenters. The fraction of sp³-hybridized carbons (Fsp3) is 0.0909. The molecule has 0 radical (unpaired) electrons. The van der Waals surface area contributed by atoms with E-state index in [1.165, 1.54) is 25.5 Å². The van der Waals surface area contributed by atoms with Crippen LogP contribution in [0.25, 0.3) is 6.08 Å². The first-order chi connectivity index (χ1) is 14.1.